The summed E-state index contributed by atoms with van der Waals surface area (Å²) in [5.41, 5.74) is 3.69. The average molecular weight is 407 g/mol. The Labute approximate surface area is 174 Å². The molecule has 1 aromatic carbocycles. The van der Waals surface area contributed by atoms with E-state index in [1.54, 1.807) is 13.2 Å². The lowest BCUT2D eigenvalue weighted by Gasteiger charge is -2.20. The molecule has 0 N–H and O–H groups in total. The predicted molar refractivity (Wildman–Crippen MR) is 114 cm³/mol. The lowest BCUT2D eigenvalue weighted by molar-refractivity contribution is 0.0440. The standard InChI is InChI=1S/C23H34O6/c1-16(2)9-8-10-17(3)11-12-19-20(28-14-25-5)13-21(27-7)22(18(4)24)23(19)29-15-26-6/h9,11,13H,8,10,12,14-15H2,1-7H3/b17-11+. The van der Waals surface area contributed by atoms with Crippen LogP contribution in [0.25, 0.3) is 0 Å². The van der Waals surface area contributed by atoms with Gasteiger partial charge < -0.3 is 23.7 Å². The van der Waals surface area contributed by atoms with Crippen molar-refractivity contribution in [2.45, 2.75) is 47.0 Å². The van der Waals surface area contributed by atoms with Gasteiger partial charge in [0.25, 0.3) is 0 Å². The molecule has 0 fully saturated rings. The highest BCUT2D eigenvalue weighted by Gasteiger charge is 2.24. The van der Waals surface area contributed by atoms with Crippen LogP contribution in [0, 0.1) is 0 Å². The van der Waals surface area contributed by atoms with Gasteiger partial charge in [-0.3, -0.25) is 4.79 Å². The van der Waals surface area contributed by atoms with Crippen LogP contribution in [-0.4, -0.2) is 40.7 Å². The van der Waals surface area contributed by atoms with E-state index in [4.69, 9.17) is 23.7 Å². The highest BCUT2D eigenvalue weighted by Crippen LogP contribution is 2.40. The summed E-state index contributed by atoms with van der Waals surface area (Å²) in [6.07, 6.45) is 6.85. The van der Waals surface area contributed by atoms with E-state index in [0.717, 1.165) is 18.4 Å². The molecule has 0 saturated heterocycles. The minimum atomic E-state index is -0.156. The number of carbonyl (C=O) groups is 1. The summed E-state index contributed by atoms with van der Waals surface area (Å²) >= 11 is 0. The van der Waals surface area contributed by atoms with Gasteiger partial charge in [-0.05, 0) is 47.0 Å². The molecule has 1 aromatic rings. The fraction of sp³-hybridized carbons (Fsp3) is 0.522. The highest BCUT2D eigenvalue weighted by molar-refractivity contribution is 6.00. The van der Waals surface area contributed by atoms with Gasteiger partial charge in [-0.15, -0.1) is 0 Å². The molecule has 0 saturated carbocycles. The topological polar surface area (TPSA) is 63.2 Å². The molecule has 0 aromatic heterocycles. The van der Waals surface area contributed by atoms with Gasteiger partial charge in [0.1, 0.15) is 22.8 Å². The summed E-state index contributed by atoms with van der Waals surface area (Å²) < 4.78 is 27.1. The molecule has 0 aliphatic carbocycles. The van der Waals surface area contributed by atoms with E-state index in [9.17, 15) is 4.79 Å². The first-order valence-corrected chi connectivity index (χ1v) is 9.62. The summed E-state index contributed by atoms with van der Waals surface area (Å²) in [7, 11) is 4.59. The fourth-order valence-corrected chi connectivity index (χ4v) is 2.84. The number of methoxy groups -OCH3 is 3. The summed E-state index contributed by atoms with van der Waals surface area (Å²) in [5.74, 6) is 1.20. The number of benzene rings is 1. The second-order valence-corrected chi connectivity index (χ2v) is 6.99. The van der Waals surface area contributed by atoms with Crippen molar-refractivity contribution < 1.29 is 28.5 Å². The van der Waals surface area contributed by atoms with Crippen molar-refractivity contribution in [2.75, 3.05) is 34.9 Å². The smallest absolute Gasteiger partial charge is 0.188 e. The van der Waals surface area contributed by atoms with E-state index >= 15 is 0 Å². The lowest BCUT2D eigenvalue weighted by Crippen LogP contribution is -2.11. The number of rotatable bonds is 13. The Morgan fingerprint density at radius 3 is 2.14 bits per heavy atom. The van der Waals surface area contributed by atoms with Crippen molar-refractivity contribution in [3.8, 4) is 17.2 Å². The molecule has 162 valence electrons. The number of Topliss-reactive ketones (excluding diaryl/α,β-unsaturated/α-hetero) is 1. The summed E-state index contributed by atoms with van der Waals surface area (Å²) in [6, 6.07) is 1.71. The third kappa shape index (κ3) is 7.91. The van der Waals surface area contributed by atoms with Crippen LogP contribution in [0.4, 0.5) is 0 Å². The van der Waals surface area contributed by atoms with Gasteiger partial charge in [0.15, 0.2) is 19.4 Å². The molecule has 0 aliphatic heterocycles. The Kier molecular flexibility index (Phi) is 11.1. The third-order valence-corrected chi connectivity index (χ3v) is 4.28. The predicted octanol–water partition coefficient (Wildman–Crippen LogP) is 5.10. The van der Waals surface area contributed by atoms with Crippen molar-refractivity contribution >= 4 is 5.78 Å². The van der Waals surface area contributed by atoms with Crippen LogP contribution in [0.2, 0.25) is 0 Å². The molecule has 0 aliphatic rings. The van der Waals surface area contributed by atoms with E-state index in [-0.39, 0.29) is 19.4 Å². The third-order valence-electron chi connectivity index (χ3n) is 4.28. The zero-order valence-corrected chi connectivity index (χ0v) is 18.7. The minimum Gasteiger partial charge on any atom is -0.496 e. The Hall–Kier alpha value is -2.31. The number of ketones is 1. The normalized spacial score (nSPS) is 11.2. The van der Waals surface area contributed by atoms with Crippen LogP contribution in [0.5, 0.6) is 17.2 Å². The molecule has 0 heterocycles. The van der Waals surface area contributed by atoms with Gasteiger partial charge >= 0.3 is 0 Å². The van der Waals surface area contributed by atoms with Crippen molar-refractivity contribution in [3.05, 3.63) is 40.5 Å². The molecule has 0 bridgehead atoms. The second kappa shape index (κ2) is 13.0. The van der Waals surface area contributed by atoms with Gasteiger partial charge in [0.2, 0.25) is 0 Å². The molecule has 6 heteroatoms. The van der Waals surface area contributed by atoms with Gasteiger partial charge in [0, 0.05) is 25.8 Å². The van der Waals surface area contributed by atoms with E-state index in [1.807, 2.05) is 0 Å². The first-order valence-electron chi connectivity index (χ1n) is 9.62. The Bertz CT molecular complexity index is 729. The van der Waals surface area contributed by atoms with Crippen molar-refractivity contribution in [2.24, 2.45) is 0 Å². The maximum Gasteiger partial charge on any atom is 0.188 e. The van der Waals surface area contributed by atoms with Crippen LogP contribution in [0.3, 0.4) is 0 Å². The number of hydrogen-bond donors (Lipinski definition) is 0. The largest absolute Gasteiger partial charge is 0.496 e. The summed E-state index contributed by atoms with van der Waals surface area (Å²) in [4.78, 5) is 12.3. The molecule has 0 unspecified atom stereocenters. The lowest BCUT2D eigenvalue weighted by atomic mass is 9.99. The summed E-state index contributed by atoms with van der Waals surface area (Å²) in [5, 5.41) is 0. The average Bonchev–Trinajstić information content (AvgIpc) is 2.68. The van der Waals surface area contributed by atoms with Gasteiger partial charge in [0.05, 0.1) is 7.11 Å². The van der Waals surface area contributed by atoms with Gasteiger partial charge in [-0.25, -0.2) is 0 Å². The van der Waals surface area contributed by atoms with Crippen LogP contribution >= 0.6 is 0 Å². The van der Waals surface area contributed by atoms with Gasteiger partial charge in [-0.2, -0.15) is 0 Å². The fourth-order valence-electron chi connectivity index (χ4n) is 2.84. The SMILES string of the molecule is COCOc1cc(OC)c(C(C)=O)c(OCOC)c1C/C=C(\C)CCC=C(C)C. The molecule has 6 nitrogen and oxygen atoms in total. The van der Waals surface area contributed by atoms with E-state index in [2.05, 4.69) is 32.9 Å². The van der Waals surface area contributed by atoms with E-state index in [1.165, 1.54) is 32.3 Å². The number of ether oxygens (including phenoxy) is 5. The van der Waals surface area contributed by atoms with Crippen LogP contribution in [0.1, 0.15) is 56.5 Å². The first kappa shape index (κ1) is 24.7. The van der Waals surface area contributed by atoms with Crippen molar-refractivity contribution in [1.29, 1.82) is 0 Å². The monoisotopic (exact) mass is 406 g/mol. The Morgan fingerprint density at radius 2 is 1.59 bits per heavy atom. The molecular formula is C23H34O6. The van der Waals surface area contributed by atoms with Crippen LogP contribution in [0.15, 0.2) is 29.4 Å². The number of hydrogen-bond acceptors (Lipinski definition) is 6. The molecule has 0 atom stereocenters. The quantitative estimate of drug-likeness (QED) is 0.258. The highest BCUT2D eigenvalue weighted by atomic mass is 16.7. The minimum absolute atomic E-state index is 0.00737. The van der Waals surface area contributed by atoms with Crippen LogP contribution in [-0.2, 0) is 15.9 Å². The molecule has 0 radical (unpaired) electrons. The summed E-state index contributed by atoms with van der Waals surface area (Å²) in [6.45, 7) is 7.85. The number of allylic oxidation sites excluding steroid dienone is 4. The maximum absolute atomic E-state index is 12.3. The molecular weight excluding hydrogens is 372 g/mol. The molecule has 0 spiro atoms. The number of carbonyl (C=O) groups excluding carboxylic acids is 1. The maximum atomic E-state index is 12.3. The van der Waals surface area contributed by atoms with Gasteiger partial charge in [-0.1, -0.05) is 23.3 Å². The van der Waals surface area contributed by atoms with Crippen molar-refractivity contribution in [3.63, 3.8) is 0 Å². The van der Waals surface area contributed by atoms with Crippen molar-refractivity contribution in [1.82, 2.24) is 0 Å². The molecule has 0 amide bonds. The van der Waals surface area contributed by atoms with E-state index < -0.39 is 0 Å². The second-order valence-electron chi connectivity index (χ2n) is 6.99. The first-order chi connectivity index (χ1) is 13.8. The zero-order valence-electron chi connectivity index (χ0n) is 18.7. The van der Waals surface area contributed by atoms with E-state index in [0.29, 0.717) is 29.2 Å². The Balaban J connectivity index is 3.38. The van der Waals surface area contributed by atoms with Crippen LogP contribution < -0.4 is 14.2 Å². The zero-order chi connectivity index (χ0) is 21.8. The molecule has 29 heavy (non-hydrogen) atoms. The Morgan fingerprint density at radius 1 is 0.931 bits per heavy atom. The molecule has 1 rings (SSSR count).